The van der Waals surface area contributed by atoms with Gasteiger partial charge in [-0.2, -0.15) is 0 Å². The molecule has 84 valence electrons. The molecule has 0 aliphatic heterocycles. The largest absolute Gasteiger partial charge is 0.508 e. The van der Waals surface area contributed by atoms with Gasteiger partial charge in [-0.05, 0) is 30.3 Å². The predicted octanol–water partition coefficient (Wildman–Crippen LogP) is 1.68. The SMILES string of the molecule is Nc1ccn2c(-c3ccc(O)cc3)nnc2c1. The maximum Gasteiger partial charge on any atom is 0.168 e. The van der Waals surface area contributed by atoms with E-state index in [1.807, 2.05) is 10.6 Å². The number of aromatic hydroxyl groups is 1. The molecule has 17 heavy (non-hydrogen) atoms. The summed E-state index contributed by atoms with van der Waals surface area (Å²) < 4.78 is 1.85. The van der Waals surface area contributed by atoms with E-state index in [9.17, 15) is 5.11 Å². The Bertz CT molecular complexity index is 673. The minimum absolute atomic E-state index is 0.229. The van der Waals surface area contributed by atoms with E-state index in [2.05, 4.69) is 10.2 Å². The fourth-order valence-electron chi connectivity index (χ4n) is 1.71. The van der Waals surface area contributed by atoms with Crippen LogP contribution in [-0.4, -0.2) is 19.7 Å². The molecular formula is C12H10N4O. The first-order valence-electron chi connectivity index (χ1n) is 5.14. The molecule has 2 aromatic heterocycles. The van der Waals surface area contributed by atoms with Crippen molar-refractivity contribution in [2.24, 2.45) is 0 Å². The van der Waals surface area contributed by atoms with Crippen molar-refractivity contribution in [1.82, 2.24) is 14.6 Å². The average molecular weight is 226 g/mol. The molecule has 0 radical (unpaired) electrons. The molecule has 3 N–H and O–H groups in total. The van der Waals surface area contributed by atoms with Crippen LogP contribution < -0.4 is 5.73 Å². The van der Waals surface area contributed by atoms with E-state index >= 15 is 0 Å². The Labute approximate surface area is 97.1 Å². The van der Waals surface area contributed by atoms with Crippen molar-refractivity contribution in [3.63, 3.8) is 0 Å². The Hall–Kier alpha value is -2.56. The van der Waals surface area contributed by atoms with E-state index in [-0.39, 0.29) is 5.75 Å². The number of phenols is 1. The van der Waals surface area contributed by atoms with E-state index in [1.54, 1.807) is 36.4 Å². The van der Waals surface area contributed by atoms with Crippen molar-refractivity contribution in [3.8, 4) is 17.1 Å². The molecule has 1 aromatic carbocycles. The third-order valence-corrected chi connectivity index (χ3v) is 2.56. The second kappa shape index (κ2) is 3.48. The van der Waals surface area contributed by atoms with Gasteiger partial charge in [0.25, 0.3) is 0 Å². The lowest BCUT2D eigenvalue weighted by Gasteiger charge is -2.00. The summed E-state index contributed by atoms with van der Waals surface area (Å²) in [5.74, 6) is 0.951. The fraction of sp³-hybridized carbons (Fsp3) is 0. The van der Waals surface area contributed by atoms with Crippen LogP contribution in [0.15, 0.2) is 42.6 Å². The predicted molar refractivity (Wildman–Crippen MR) is 64.5 cm³/mol. The molecule has 3 rings (SSSR count). The molecule has 0 spiro atoms. The lowest BCUT2D eigenvalue weighted by Crippen LogP contribution is -1.91. The van der Waals surface area contributed by atoms with Crippen molar-refractivity contribution in [1.29, 1.82) is 0 Å². The van der Waals surface area contributed by atoms with Crippen molar-refractivity contribution in [3.05, 3.63) is 42.6 Å². The van der Waals surface area contributed by atoms with Gasteiger partial charge in [0, 0.05) is 23.5 Å². The summed E-state index contributed by atoms with van der Waals surface area (Å²) in [7, 11) is 0. The van der Waals surface area contributed by atoms with E-state index in [4.69, 9.17) is 5.73 Å². The van der Waals surface area contributed by atoms with Crippen LogP contribution in [0.25, 0.3) is 17.0 Å². The van der Waals surface area contributed by atoms with Gasteiger partial charge < -0.3 is 10.8 Å². The number of nitrogens with two attached hydrogens (primary N) is 1. The summed E-state index contributed by atoms with van der Waals surface area (Å²) >= 11 is 0. The summed E-state index contributed by atoms with van der Waals surface area (Å²) in [5.41, 5.74) is 7.92. The molecule has 0 bridgehead atoms. The second-order valence-electron chi connectivity index (χ2n) is 3.76. The first-order chi connectivity index (χ1) is 8.24. The molecule has 0 aliphatic rings. The topological polar surface area (TPSA) is 76.4 Å². The van der Waals surface area contributed by atoms with Gasteiger partial charge in [0.2, 0.25) is 0 Å². The molecule has 0 atom stereocenters. The Morgan fingerprint density at radius 2 is 1.82 bits per heavy atom. The Balaban J connectivity index is 2.21. The van der Waals surface area contributed by atoms with Crippen LogP contribution in [0.1, 0.15) is 0 Å². The molecule has 0 saturated heterocycles. The molecule has 5 nitrogen and oxygen atoms in total. The molecule has 2 heterocycles. The lowest BCUT2D eigenvalue weighted by molar-refractivity contribution is 0.475. The second-order valence-corrected chi connectivity index (χ2v) is 3.76. The number of nitrogen functional groups attached to an aromatic ring is 1. The summed E-state index contributed by atoms with van der Waals surface area (Å²) in [4.78, 5) is 0. The van der Waals surface area contributed by atoms with Crippen LogP contribution in [0.5, 0.6) is 5.75 Å². The highest BCUT2D eigenvalue weighted by Gasteiger charge is 2.07. The number of anilines is 1. The summed E-state index contributed by atoms with van der Waals surface area (Å²) in [6, 6.07) is 10.4. The smallest absolute Gasteiger partial charge is 0.168 e. The average Bonchev–Trinajstić information content (AvgIpc) is 2.73. The van der Waals surface area contributed by atoms with Gasteiger partial charge in [0.15, 0.2) is 11.5 Å². The summed E-state index contributed by atoms with van der Waals surface area (Å²) in [6.07, 6.45) is 1.83. The number of aromatic nitrogens is 3. The molecule has 0 aliphatic carbocycles. The quantitative estimate of drug-likeness (QED) is 0.662. The van der Waals surface area contributed by atoms with Crippen LogP contribution in [-0.2, 0) is 0 Å². The highest BCUT2D eigenvalue weighted by molar-refractivity contribution is 5.62. The van der Waals surface area contributed by atoms with E-state index < -0.39 is 0 Å². The number of hydrogen-bond donors (Lipinski definition) is 2. The number of pyridine rings is 1. The van der Waals surface area contributed by atoms with Crippen LogP contribution in [0, 0.1) is 0 Å². The van der Waals surface area contributed by atoms with Gasteiger partial charge >= 0.3 is 0 Å². The number of nitrogens with zero attached hydrogens (tertiary/aromatic N) is 3. The standard InChI is InChI=1S/C12H10N4O/c13-9-5-6-16-11(7-9)14-15-12(16)8-1-3-10(17)4-2-8/h1-7,17H,13H2. The number of rotatable bonds is 1. The Morgan fingerprint density at radius 3 is 2.59 bits per heavy atom. The monoisotopic (exact) mass is 226 g/mol. The Kier molecular flexibility index (Phi) is 1.98. The van der Waals surface area contributed by atoms with E-state index in [0.29, 0.717) is 11.3 Å². The molecule has 0 unspecified atom stereocenters. The zero-order valence-electron chi connectivity index (χ0n) is 8.91. The van der Waals surface area contributed by atoms with E-state index in [0.717, 1.165) is 11.4 Å². The summed E-state index contributed by atoms with van der Waals surface area (Å²) in [6.45, 7) is 0. The van der Waals surface area contributed by atoms with Crippen molar-refractivity contribution in [2.75, 3.05) is 5.73 Å². The van der Waals surface area contributed by atoms with Gasteiger partial charge in [0.05, 0.1) is 0 Å². The third-order valence-electron chi connectivity index (χ3n) is 2.56. The number of benzene rings is 1. The first kappa shape index (κ1) is 9.65. The minimum Gasteiger partial charge on any atom is -0.508 e. The zero-order valence-corrected chi connectivity index (χ0v) is 8.91. The van der Waals surface area contributed by atoms with Gasteiger partial charge in [0.1, 0.15) is 5.75 Å². The van der Waals surface area contributed by atoms with Gasteiger partial charge in [-0.15, -0.1) is 10.2 Å². The molecule has 3 aromatic rings. The Morgan fingerprint density at radius 1 is 1.06 bits per heavy atom. The highest BCUT2D eigenvalue weighted by atomic mass is 16.3. The lowest BCUT2D eigenvalue weighted by atomic mass is 10.2. The number of phenolic OH excluding ortho intramolecular Hbond substituents is 1. The number of hydrogen-bond acceptors (Lipinski definition) is 4. The molecular weight excluding hydrogens is 216 g/mol. The van der Waals surface area contributed by atoms with E-state index in [1.165, 1.54) is 0 Å². The first-order valence-corrected chi connectivity index (χ1v) is 5.14. The molecule has 0 saturated carbocycles. The zero-order chi connectivity index (χ0) is 11.8. The van der Waals surface area contributed by atoms with Gasteiger partial charge in [-0.25, -0.2) is 0 Å². The van der Waals surface area contributed by atoms with Crippen LogP contribution in [0.2, 0.25) is 0 Å². The van der Waals surface area contributed by atoms with Crippen LogP contribution in [0.3, 0.4) is 0 Å². The van der Waals surface area contributed by atoms with Crippen molar-refractivity contribution in [2.45, 2.75) is 0 Å². The van der Waals surface area contributed by atoms with Crippen molar-refractivity contribution >= 4 is 11.3 Å². The third kappa shape index (κ3) is 1.57. The van der Waals surface area contributed by atoms with Crippen LogP contribution >= 0.6 is 0 Å². The number of fused-ring (bicyclic) bond motifs is 1. The summed E-state index contributed by atoms with van der Waals surface area (Å²) in [5, 5.41) is 17.4. The highest BCUT2D eigenvalue weighted by Crippen LogP contribution is 2.21. The maximum absolute atomic E-state index is 9.24. The molecule has 0 amide bonds. The van der Waals surface area contributed by atoms with Crippen LogP contribution in [0.4, 0.5) is 5.69 Å². The van der Waals surface area contributed by atoms with Crippen molar-refractivity contribution < 1.29 is 5.11 Å². The minimum atomic E-state index is 0.229. The molecule has 0 fully saturated rings. The van der Waals surface area contributed by atoms with Gasteiger partial charge in [-0.1, -0.05) is 0 Å². The normalized spacial score (nSPS) is 10.8. The maximum atomic E-state index is 9.24. The fourth-order valence-corrected chi connectivity index (χ4v) is 1.71. The van der Waals surface area contributed by atoms with Gasteiger partial charge in [-0.3, -0.25) is 4.40 Å². The molecule has 5 heteroatoms.